The molecule has 0 fully saturated rings. The molecule has 1 atom stereocenters. The maximum absolute atomic E-state index is 12.2. The summed E-state index contributed by atoms with van der Waals surface area (Å²) in [7, 11) is 1.65. The van der Waals surface area contributed by atoms with Gasteiger partial charge < -0.3 is 14.6 Å². The number of aromatic nitrogens is 3. The van der Waals surface area contributed by atoms with Crippen molar-refractivity contribution in [2.75, 3.05) is 20.0 Å². The van der Waals surface area contributed by atoms with E-state index in [9.17, 15) is 4.79 Å². The minimum atomic E-state index is -0.202. The van der Waals surface area contributed by atoms with Crippen molar-refractivity contribution in [1.82, 2.24) is 20.1 Å². The van der Waals surface area contributed by atoms with Gasteiger partial charge in [0, 0.05) is 18.6 Å². The first-order chi connectivity index (χ1) is 11.1. The first kappa shape index (κ1) is 17.5. The number of benzene rings is 1. The van der Waals surface area contributed by atoms with Crippen molar-refractivity contribution in [2.24, 2.45) is 0 Å². The smallest absolute Gasteiger partial charge is 0.224 e. The Balaban J connectivity index is 1.92. The Kier molecular flexibility index (Phi) is 6.61. The van der Waals surface area contributed by atoms with E-state index >= 15 is 0 Å². The molecule has 1 amide bonds. The van der Waals surface area contributed by atoms with Gasteiger partial charge in [-0.15, -0.1) is 22.0 Å². The zero-order valence-electron chi connectivity index (χ0n) is 13.7. The molecule has 0 unspecified atom stereocenters. The van der Waals surface area contributed by atoms with Crippen molar-refractivity contribution in [3.8, 4) is 0 Å². The van der Waals surface area contributed by atoms with E-state index in [4.69, 9.17) is 4.74 Å². The number of amides is 1. The molecule has 1 aromatic carbocycles. The van der Waals surface area contributed by atoms with Crippen LogP contribution in [0.2, 0.25) is 0 Å². The van der Waals surface area contributed by atoms with E-state index in [1.807, 2.05) is 42.0 Å². The van der Waals surface area contributed by atoms with Gasteiger partial charge in [-0.2, -0.15) is 0 Å². The van der Waals surface area contributed by atoms with Crippen molar-refractivity contribution < 1.29 is 9.53 Å². The fraction of sp³-hybridized carbons (Fsp3) is 0.438. The van der Waals surface area contributed by atoms with Gasteiger partial charge in [-0.05, 0) is 30.9 Å². The van der Waals surface area contributed by atoms with Crippen LogP contribution in [0, 0.1) is 0 Å². The standard InChI is InChI=1S/C16H22N4O2S/c1-12(16-19-17-11-20(16)8-9-22-2)18-15(21)10-13-4-6-14(23-3)7-5-13/h4-7,11-12H,8-10H2,1-3H3,(H,18,21)/t12-/m0/s1. The normalized spacial score (nSPS) is 12.1. The van der Waals surface area contributed by atoms with E-state index < -0.39 is 0 Å². The zero-order chi connectivity index (χ0) is 16.7. The summed E-state index contributed by atoms with van der Waals surface area (Å²) >= 11 is 1.68. The summed E-state index contributed by atoms with van der Waals surface area (Å²) in [6, 6.07) is 7.82. The van der Waals surface area contributed by atoms with Crippen LogP contribution in [0.1, 0.15) is 24.4 Å². The van der Waals surface area contributed by atoms with E-state index in [1.165, 1.54) is 4.90 Å². The summed E-state index contributed by atoms with van der Waals surface area (Å²) in [5.41, 5.74) is 0.994. The lowest BCUT2D eigenvalue weighted by atomic mass is 10.1. The molecule has 1 N–H and O–H groups in total. The molecule has 0 aliphatic carbocycles. The molecule has 124 valence electrons. The van der Waals surface area contributed by atoms with Crippen LogP contribution >= 0.6 is 11.8 Å². The van der Waals surface area contributed by atoms with Crippen molar-refractivity contribution >= 4 is 17.7 Å². The Hall–Kier alpha value is -1.86. The van der Waals surface area contributed by atoms with E-state index in [1.54, 1.807) is 25.2 Å². The molecule has 2 rings (SSSR count). The molecule has 0 saturated heterocycles. The third-order valence-electron chi connectivity index (χ3n) is 3.47. The Morgan fingerprint density at radius 3 is 2.78 bits per heavy atom. The highest BCUT2D eigenvalue weighted by atomic mass is 32.2. The highest BCUT2D eigenvalue weighted by molar-refractivity contribution is 7.98. The average Bonchev–Trinajstić information content (AvgIpc) is 3.02. The predicted octanol–water partition coefficient (Wildman–Crippen LogP) is 2.07. The van der Waals surface area contributed by atoms with Crippen molar-refractivity contribution in [3.05, 3.63) is 42.0 Å². The number of hydrogen-bond donors (Lipinski definition) is 1. The van der Waals surface area contributed by atoms with Crippen LogP contribution in [-0.2, 0) is 22.5 Å². The molecular weight excluding hydrogens is 312 g/mol. The van der Waals surface area contributed by atoms with Crippen LogP contribution in [-0.4, -0.2) is 40.6 Å². The lowest BCUT2D eigenvalue weighted by molar-refractivity contribution is -0.121. The van der Waals surface area contributed by atoms with Gasteiger partial charge in [0.25, 0.3) is 0 Å². The fourth-order valence-corrected chi connectivity index (χ4v) is 2.66. The molecule has 1 aromatic heterocycles. The molecule has 0 bridgehead atoms. The maximum atomic E-state index is 12.2. The Labute approximate surface area is 140 Å². The summed E-state index contributed by atoms with van der Waals surface area (Å²) in [4.78, 5) is 13.4. The second-order valence-corrected chi connectivity index (χ2v) is 6.07. The maximum Gasteiger partial charge on any atom is 0.224 e. The van der Waals surface area contributed by atoms with Crippen LogP contribution in [0.25, 0.3) is 0 Å². The van der Waals surface area contributed by atoms with Gasteiger partial charge >= 0.3 is 0 Å². The molecular formula is C16H22N4O2S. The minimum absolute atomic E-state index is 0.0318. The molecule has 0 aliphatic heterocycles. The number of thioether (sulfide) groups is 1. The molecule has 23 heavy (non-hydrogen) atoms. The second-order valence-electron chi connectivity index (χ2n) is 5.19. The Bertz CT molecular complexity index is 627. The van der Waals surface area contributed by atoms with E-state index in [0.29, 0.717) is 19.6 Å². The van der Waals surface area contributed by atoms with E-state index in [0.717, 1.165) is 11.4 Å². The summed E-state index contributed by atoms with van der Waals surface area (Å²) in [6.45, 7) is 3.14. The number of carbonyl (C=O) groups is 1. The molecule has 0 saturated carbocycles. The third-order valence-corrected chi connectivity index (χ3v) is 4.21. The van der Waals surface area contributed by atoms with E-state index in [-0.39, 0.29) is 11.9 Å². The number of carbonyl (C=O) groups excluding carboxylic acids is 1. The number of nitrogens with one attached hydrogen (secondary N) is 1. The quantitative estimate of drug-likeness (QED) is 0.749. The Morgan fingerprint density at radius 2 is 2.13 bits per heavy atom. The van der Waals surface area contributed by atoms with Crippen LogP contribution < -0.4 is 5.32 Å². The molecule has 1 heterocycles. The molecule has 2 aromatic rings. The first-order valence-corrected chi connectivity index (χ1v) is 8.65. The second kappa shape index (κ2) is 8.69. The van der Waals surface area contributed by atoms with Crippen LogP contribution in [0.4, 0.5) is 0 Å². The lowest BCUT2D eigenvalue weighted by Crippen LogP contribution is -2.30. The van der Waals surface area contributed by atoms with Crippen molar-refractivity contribution in [2.45, 2.75) is 30.8 Å². The van der Waals surface area contributed by atoms with Gasteiger partial charge in [-0.3, -0.25) is 4.79 Å². The van der Waals surface area contributed by atoms with E-state index in [2.05, 4.69) is 15.5 Å². The summed E-state index contributed by atoms with van der Waals surface area (Å²) < 4.78 is 6.95. The number of ether oxygens (including phenoxy) is 1. The number of methoxy groups -OCH3 is 1. The average molecular weight is 334 g/mol. The SMILES string of the molecule is COCCn1cnnc1[C@H](C)NC(=O)Cc1ccc(SC)cc1. The van der Waals surface area contributed by atoms with Crippen molar-refractivity contribution in [1.29, 1.82) is 0 Å². The van der Waals surface area contributed by atoms with Gasteiger partial charge in [0.1, 0.15) is 6.33 Å². The molecule has 7 heteroatoms. The van der Waals surface area contributed by atoms with Gasteiger partial charge in [0.15, 0.2) is 5.82 Å². The predicted molar refractivity (Wildman–Crippen MR) is 90.4 cm³/mol. The highest BCUT2D eigenvalue weighted by Crippen LogP contribution is 2.15. The van der Waals surface area contributed by atoms with Gasteiger partial charge in [-0.25, -0.2) is 0 Å². The number of nitrogens with zero attached hydrogens (tertiary/aromatic N) is 3. The zero-order valence-corrected chi connectivity index (χ0v) is 14.5. The number of rotatable bonds is 8. The molecule has 0 radical (unpaired) electrons. The highest BCUT2D eigenvalue weighted by Gasteiger charge is 2.15. The monoisotopic (exact) mass is 334 g/mol. The third kappa shape index (κ3) is 5.07. The Morgan fingerprint density at radius 1 is 1.39 bits per heavy atom. The lowest BCUT2D eigenvalue weighted by Gasteiger charge is -2.14. The van der Waals surface area contributed by atoms with Crippen molar-refractivity contribution in [3.63, 3.8) is 0 Å². The van der Waals surface area contributed by atoms with Crippen LogP contribution in [0.5, 0.6) is 0 Å². The summed E-state index contributed by atoms with van der Waals surface area (Å²) in [5.74, 6) is 0.698. The summed E-state index contributed by atoms with van der Waals surface area (Å²) in [6.07, 6.45) is 4.03. The fourth-order valence-electron chi connectivity index (χ4n) is 2.25. The van der Waals surface area contributed by atoms with Crippen LogP contribution in [0.15, 0.2) is 35.5 Å². The molecule has 0 spiro atoms. The van der Waals surface area contributed by atoms with Gasteiger partial charge in [0.05, 0.1) is 19.1 Å². The number of hydrogen-bond acceptors (Lipinski definition) is 5. The minimum Gasteiger partial charge on any atom is -0.383 e. The topological polar surface area (TPSA) is 69.0 Å². The van der Waals surface area contributed by atoms with Crippen LogP contribution in [0.3, 0.4) is 0 Å². The van der Waals surface area contributed by atoms with Gasteiger partial charge in [0.2, 0.25) is 5.91 Å². The van der Waals surface area contributed by atoms with Gasteiger partial charge in [-0.1, -0.05) is 12.1 Å². The molecule has 0 aliphatic rings. The molecule has 6 nitrogen and oxygen atoms in total. The summed E-state index contributed by atoms with van der Waals surface area (Å²) in [5, 5.41) is 11.0. The largest absolute Gasteiger partial charge is 0.383 e. The first-order valence-electron chi connectivity index (χ1n) is 7.43.